The maximum Gasteiger partial charge on any atom is 0.233 e. The summed E-state index contributed by atoms with van der Waals surface area (Å²) in [6, 6.07) is 16.7. The van der Waals surface area contributed by atoms with Crippen LogP contribution >= 0.6 is 0 Å². The first-order valence-electron chi connectivity index (χ1n) is 8.10. The Hall–Kier alpha value is -2.44. The number of sulfonamides is 1. The fourth-order valence-corrected chi connectivity index (χ4v) is 2.95. The van der Waals surface area contributed by atoms with Crippen molar-refractivity contribution in [3.63, 3.8) is 0 Å². The van der Waals surface area contributed by atoms with Gasteiger partial charge in [0, 0.05) is 24.1 Å². The number of nitrogens with one attached hydrogen (secondary N) is 2. The van der Waals surface area contributed by atoms with Gasteiger partial charge in [-0.2, -0.15) is 0 Å². The predicted molar refractivity (Wildman–Crippen MR) is 101 cm³/mol. The van der Waals surface area contributed by atoms with Gasteiger partial charge in [-0.05, 0) is 35.8 Å². The third kappa shape index (κ3) is 6.91. The summed E-state index contributed by atoms with van der Waals surface area (Å²) >= 11 is 0. The van der Waals surface area contributed by atoms with E-state index in [0.717, 1.165) is 17.4 Å². The van der Waals surface area contributed by atoms with E-state index in [1.54, 1.807) is 0 Å². The summed E-state index contributed by atoms with van der Waals surface area (Å²) in [5.74, 6) is -0.237. The molecule has 2 N–H and O–H groups in total. The lowest BCUT2D eigenvalue weighted by molar-refractivity contribution is -0.116. The van der Waals surface area contributed by atoms with Gasteiger partial charge in [-0.15, -0.1) is 0 Å². The molecule has 0 spiro atoms. The van der Waals surface area contributed by atoms with Crippen LogP contribution in [0.4, 0.5) is 5.69 Å². The van der Waals surface area contributed by atoms with Crippen LogP contribution in [0, 0.1) is 0 Å². The van der Waals surface area contributed by atoms with Gasteiger partial charge in [-0.1, -0.05) is 49.4 Å². The van der Waals surface area contributed by atoms with Gasteiger partial charge in [0.15, 0.2) is 0 Å². The zero-order chi connectivity index (χ0) is 18.1. The Labute approximate surface area is 148 Å². The molecule has 0 bridgehead atoms. The first-order chi connectivity index (χ1) is 12.0. The Kier molecular flexibility index (Phi) is 6.91. The summed E-state index contributed by atoms with van der Waals surface area (Å²) in [7, 11) is -3.57. The molecule has 0 radical (unpaired) electrons. The number of hydrogen-bond acceptors (Lipinski definition) is 3. The lowest BCUT2D eigenvalue weighted by atomic mass is 10.1. The zero-order valence-electron chi connectivity index (χ0n) is 14.1. The van der Waals surface area contributed by atoms with Crippen LogP contribution in [-0.2, 0) is 21.2 Å². The van der Waals surface area contributed by atoms with E-state index in [2.05, 4.69) is 17.0 Å². The molecule has 0 aliphatic heterocycles. The molecule has 2 aromatic carbocycles. The van der Waals surface area contributed by atoms with E-state index >= 15 is 0 Å². The van der Waals surface area contributed by atoms with Crippen LogP contribution in [0.2, 0.25) is 0 Å². The standard InChI is InChI=1S/C19H22N2O3S/c1-2-16-8-10-18(11-9-16)21-19(22)12-14-20-25(23,24)15-13-17-6-4-3-5-7-17/h3-11,13,15,20H,2,12,14H2,1H3,(H,21,22)/b15-13+. The lowest BCUT2D eigenvalue weighted by Gasteiger charge is -2.06. The second kappa shape index (κ2) is 9.15. The van der Waals surface area contributed by atoms with Gasteiger partial charge >= 0.3 is 0 Å². The van der Waals surface area contributed by atoms with E-state index in [1.807, 2.05) is 54.6 Å². The number of carbonyl (C=O) groups is 1. The van der Waals surface area contributed by atoms with Crippen molar-refractivity contribution in [2.24, 2.45) is 0 Å². The van der Waals surface area contributed by atoms with Crippen LogP contribution < -0.4 is 10.0 Å². The average Bonchev–Trinajstić information content (AvgIpc) is 2.61. The number of aryl methyl sites for hydroxylation is 1. The predicted octanol–water partition coefficient (Wildman–Crippen LogP) is 3.17. The second-order valence-corrected chi connectivity index (χ2v) is 7.15. The Morgan fingerprint density at radius 2 is 1.72 bits per heavy atom. The van der Waals surface area contributed by atoms with Crippen LogP contribution in [-0.4, -0.2) is 20.9 Å². The van der Waals surface area contributed by atoms with Crippen LogP contribution in [0.1, 0.15) is 24.5 Å². The Morgan fingerprint density at radius 3 is 2.36 bits per heavy atom. The summed E-state index contributed by atoms with van der Waals surface area (Å²) < 4.78 is 26.2. The van der Waals surface area contributed by atoms with Crippen molar-refractivity contribution in [2.45, 2.75) is 19.8 Å². The van der Waals surface area contributed by atoms with Gasteiger partial charge in [0.2, 0.25) is 15.9 Å². The molecule has 0 heterocycles. The third-order valence-corrected chi connectivity index (χ3v) is 4.64. The molecule has 0 unspecified atom stereocenters. The fourth-order valence-electron chi connectivity index (χ4n) is 2.13. The largest absolute Gasteiger partial charge is 0.326 e. The van der Waals surface area contributed by atoms with Crippen LogP contribution in [0.5, 0.6) is 0 Å². The van der Waals surface area contributed by atoms with Crippen molar-refractivity contribution >= 4 is 27.7 Å². The maximum atomic E-state index is 11.9. The molecule has 25 heavy (non-hydrogen) atoms. The van der Waals surface area contributed by atoms with Crippen LogP contribution in [0.25, 0.3) is 6.08 Å². The molecule has 0 atom stereocenters. The van der Waals surface area contributed by atoms with Crippen molar-refractivity contribution in [1.29, 1.82) is 0 Å². The molecule has 0 aromatic heterocycles. The monoisotopic (exact) mass is 358 g/mol. The van der Waals surface area contributed by atoms with E-state index < -0.39 is 10.0 Å². The van der Waals surface area contributed by atoms with Gasteiger partial charge in [-0.25, -0.2) is 13.1 Å². The molecule has 132 valence electrons. The molecule has 0 aliphatic carbocycles. The number of anilines is 1. The molecule has 2 aromatic rings. The first-order valence-corrected chi connectivity index (χ1v) is 9.65. The van der Waals surface area contributed by atoms with Gasteiger partial charge in [0.05, 0.1) is 0 Å². The highest BCUT2D eigenvalue weighted by Crippen LogP contribution is 2.10. The first kappa shape index (κ1) is 18.9. The quantitative estimate of drug-likeness (QED) is 0.761. The summed E-state index contributed by atoms with van der Waals surface area (Å²) in [6.45, 7) is 2.10. The second-order valence-electron chi connectivity index (χ2n) is 5.50. The SMILES string of the molecule is CCc1ccc(NC(=O)CCNS(=O)(=O)/C=C/c2ccccc2)cc1. The average molecular weight is 358 g/mol. The zero-order valence-corrected chi connectivity index (χ0v) is 14.9. The molecule has 0 saturated heterocycles. The summed E-state index contributed by atoms with van der Waals surface area (Å²) in [5, 5.41) is 3.85. The van der Waals surface area contributed by atoms with E-state index in [1.165, 1.54) is 11.6 Å². The van der Waals surface area contributed by atoms with E-state index in [-0.39, 0.29) is 18.9 Å². The summed E-state index contributed by atoms with van der Waals surface area (Å²) in [6.07, 6.45) is 2.51. The van der Waals surface area contributed by atoms with Crippen LogP contribution in [0.15, 0.2) is 60.0 Å². The number of carbonyl (C=O) groups excluding carboxylic acids is 1. The molecule has 0 fully saturated rings. The fraction of sp³-hybridized carbons (Fsp3) is 0.211. The van der Waals surface area contributed by atoms with E-state index in [4.69, 9.17) is 0 Å². The molecule has 5 nitrogen and oxygen atoms in total. The number of rotatable bonds is 8. The highest BCUT2D eigenvalue weighted by molar-refractivity contribution is 7.92. The summed E-state index contributed by atoms with van der Waals surface area (Å²) in [5.41, 5.74) is 2.69. The number of benzene rings is 2. The minimum absolute atomic E-state index is 0.0420. The lowest BCUT2D eigenvalue weighted by Crippen LogP contribution is -2.26. The Bertz CT molecular complexity index is 814. The maximum absolute atomic E-state index is 11.9. The van der Waals surface area contributed by atoms with Crippen molar-refractivity contribution < 1.29 is 13.2 Å². The van der Waals surface area contributed by atoms with Crippen molar-refractivity contribution in [3.8, 4) is 0 Å². The third-order valence-electron chi connectivity index (χ3n) is 3.54. The number of amides is 1. The normalized spacial score (nSPS) is 11.6. The highest BCUT2D eigenvalue weighted by atomic mass is 32.2. The topological polar surface area (TPSA) is 75.3 Å². The van der Waals surface area contributed by atoms with Gasteiger partial charge in [0.1, 0.15) is 0 Å². The Morgan fingerprint density at radius 1 is 1.04 bits per heavy atom. The van der Waals surface area contributed by atoms with E-state index in [9.17, 15) is 13.2 Å². The van der Waals surface area contributed by atoms with Gasteiger partial charge in [0.25, 0.3) is 0 Å². The number of hydrogen-bond donors (Lipinski definition) is 2. The Balaban J connectivity index is 1.78. The molecule has 0 aliphatic rings. The molecular formula is C19H22N2O3S. The van der Waals surface area contributed by atoms with E-state index in [0.29, 0.717) is 5.69 Å². The van der Waals surface area contributed by atoms with Crippen molar-refractivity contribution in [3.05, 3.63) is 71.1 Å². The molecule has 0 saturated carbocycles. The van der Waals surface area contributed by atoms with Crippen molar-refractivity contribution in [2.75, 3.05) is 11.9 Å². The molecular weight excluding hydrogens is 336 g/mol. The van der Waals surface area contributed by atoms with Crippen molar-refractivity contribution in [1.82, 2.24) is 4.72 Å². The smallest absolute Gasteiger partial charge is 0.233 e. The molecule has 2 rings (SSSR count). The minimum atomic E-state index is -3.57. The molecule has 6 heteroatoms. The molecule has 1 amide bonds. The summed E-state index contributed by atoms with van der Waals surface area (Å²) in [4.78, 5) is 11.9. The minimum Gasteiger partial charge on any atom is -0.326 e. The van der Waals surface area contributed by atoms with Crippen LogP contribution in [0.3, 0.4) is 0 Å². The highest BCUT2D eigenvalue weighted by Gasteiger charge is 2.07. The van der Waals surface area contributed by atoms with Gasteiger partial charge in [-0.3, -0.25) is 4.79 Å². The van der Waals surface area contributed by atoms with Gasteiger partial charge < -0.3 is 5.32 Å².